The molecule has 0 aromatic heterocycles. The molecule has 1 unspecified atom stereocenters. The first-order valence-corrected chi connectivity index (χ1v) is 4.68. The predicted molar refractivity (Wildman–Crippen MR) is 49.4 cm³/mol. The molecule has 1 atom stereocenters. The zero-order valence-electron chi connectivity index (χ0n) is 8.15. The van der Waals surface area contributed by atoms with Crippen LogP contribution < -0.4 is 5.32 Å². The van der Waals surface area contributed by atoms with Gasteiger partial charge in [0.1, 0.15) is 5.78 Å². The predicted octanol–water partition coefficient (Wildman–Crippen LogP) is -0.515. The summed E-state index contributed by atoms with van der Waals surface area (Å²) in [5.74, 6) is -3.16. The number of carboxylic acid groups (broad SMARTS) is 2. The lowest BCUT2D eigenvalue weighted by Crippen LogP contribution is -2.42. The van der Waals surface area contributed by atoms with E-state index in [2.05, 4.69) is 5.32 Å². The molecule has 1 aliphatic heterocycles. The number of ketones is 1. The zero-order valence-corrected chi connectivity index (χ0v) is 8.15. The second-order valence-electron chi connectivity index (χ2n) is 3.74. The molecule has 2 aliphatic rings. The van der Waals surface area contributed by atoms with Crippen molar-refractivity contribution in [3.63, 3.8) is 0 Å². The Morgan fingerprint density at radius 2 is 1.80 bits per heavy atom. The van der Waals surface area contributed by atoms with Gasteiger partial charge in [-0.15, -0.1) is 0 Å². The van der Waals surface area contributed by atoms with Gasteiger partial charge < -0.3 is 15.5 Å². The Kier molecular flexibility index (Phi) is 3.41. The van der Waals surface area contributed by atoms with E-state index in [4.69, 9.17) is 19.8 Å². The van der Waals surface area contributed by atoms with Crippen LogP contribution in [0.3, 0.4) is 0 Å². The van der Waals surface area contributed by atoms with E-state index in [9.17, 15) is 4.79 Å². The molecule has 0 aromatic rings. The van der Waals surface area contributed by atoms with Gasteiger partial charge in [-0.3, -0.25) is 4.79 Å². The monoisotopic (exact) mass is 215 g/mol. The van der Waals surface area contributed by atoms with Crippen molar-refractivity contribution < 1.29 is 24.6 Å². The highest BCUT2D eigenvalue weighted by atomic mass is 16.4. The largest absolute Gasteiger partial charge is 0.473 e. The smallest absolute Gasteiger partial charge is 0.414 e. The van der Waals surface area contributed by atoms with Gasteiger partial charge in [0.25, 0.3) is 0 Å². The molecular formula is C9H13NO5. The summed E-state index contributed by atoms with van der Waals surface area (Å²) in [5.41, 5.74) is 0.125. The molecule has 6 heteroatoms. The lowest BCUT2D eigenvalue weighted by atomic mass is 9.67. The Bertz CT molecular complexity index is 281. The topological polar surface area (TPSA) is 104 Å². The van der Waals surface area contributed by atoms with Crippen molar-refractivity contribution in [2.75, 3.05) is 13.1 Å². The second kappa shape index (κ2) is 4.39. The van der Waals surface area contributed by atoms with Crippen molar-refractivity contribution in [3.05, 3.63) is 0 Å². The zero-order chi connectivity index (χ0) is 11.5. The van der Waals surface area contributed by atoms with Crippen LogP contribution in [-0.2, 0) is 14.4 Å². The molecule has 1 spiro atoms. The Hall–Kier alpha value is -1.43. The summed E-state index contributed by atoms with van der Waals surface area (Å²) >= 11 is 0. The van der Waals surface area contributed by atoms with Crippen LogP contribution in [0.2, 0.25) is 0 Å². The summed E-state index contributed by atoms with van der Waals surface area (Å²) in [6.45, 7) is 2.00. The molecule has 0 radical (unpaired) electrons. The number of rotatable bonds is 0. The molecular weight excluding hydrogens is 202 g/mol. The van der Waals surface area contributed by atoms with Gasteiger partial charge in [-0.1, -0.05) is 0 Å². The van der Waals surface area contributed by atoms with Gasteiger partial charge in [0.15, 0.2) is 0 Å². The maximum absolute atomic E-state index is 11.0. The number of carboxylic acids is 2. The third-order valence-electron chi connectivity index (χ3n) is 2.85. The molecule has 6 nitrogen and oxygen atoms in total. The van der Waals surface area contributed by atoms with Crippen LogP contribution in [0, 0.1) is 5.41 Å². The lowest BCUT2D eigenvalue weighted by molar-refractivity contribution is -0.159. The summed E-state index contributed by atoms with van der Waals surface area (Å²) in [5, 5.41) is 18.0. The number of carbonyl (C=O) groups excluding carboxylic acids is 1. The molecule has 3 N–H and O–H groups in total. The van der Waals surface area contributed by atoms with E-state index in [0.717, 1.165) is 32.4 Å². The fourth-order valence-electron chi connectivity index (χ4n) is 1.78. The summed E-state index contributed by atoms with van der Waals surface area (Å²) < 4.78 is 0. The van der Waals surface area contributed by atoms with Crippen molar-refractivity contribution in [2.24, 2.45) is 5.41 Å². The summed E-state index contributed by atoms with van der Waals surface area (Å²) in [4.78, 5) is 29.2. The molecule has 84 valence electrons. The average molecular weight is 215 g/mol. The normalized spacial score (nSPS) is 27.9. The summed E-state index contributed by atoms with van der Waals surface area (Å²) in [6.07, 6.45) is 3.06. The molecule has 1 saturated heterocycles. The highest BCUT2D eigenvalue weighted by molar-refractivity contribution is 6.27. The van der Waals surface area contributed by atoms with Gasteiger partial charge in [-0.25, -0.2) is 9.59 Å². The Balaban J connectivity index is 0.000000167. The molecule has 1 aliphatic carbocycles. The van der Waals surface area contributed by atoms with Crippen molar-refractivity contribution in [1.29, 1.82) is 0 Å². The van der Waals surface area contributed by atoms with Gasteiger partial charge in [-0.05, 0) is 19.4 Å². The molecule has 1 heterocycles. The fraction of sp³-hybridized carbons (Fsp3) is 0.667. The van der Waals surface area contributed by atoms with Gasteiger partial charge in [-0.2, -0.15) is 0 Å². The molecule has 0 aromatic carbocycles. The number of hydrogen-bond acceptors (Lipinski definition) is 4. The van der Waals surface area contributed by atoms with Gasteiger partial charge >= 0.3 is 11.9 Å². The third kappa shape index (κ3) is 2.53. The molecule has 2 rings (SSSR count). The maximum atomic E-state index is 11.0. The van der Waals surface area contributed by atoms with E-state index in [1.807, 2.05) is 0 Å². The van der Waals surface area contributed by atoms with E-state index in [0.29, 0.717) is 5.78 Å². The van der Waals surface area contributed by atoms with Crippen LogP contribution in [-0.4, -0.2) is 41.0 Å². The summed E-state index contributed by atoms with van der Waals surface area (Å²) in [7, 11) is 0. The van der Waals surface area contributed by atoms with Crippen LogP contribution in [0.25, 0.3) is 0 Å². The molecule has 0 bridgehead atoms. The van der Waals surface area contributed by atoms with Crippen molar-refractivity contribution >= 4 is 17.7 Å². The number of aliphatic carboxylic acids is 2. The first-order valence-electron chi connectivity index (χ1n) is 4.68. The minimum absolute atomic E-state index is 0.125. The standard InChI is InChI=1S/C7H11NO.C2H2O4/c9-6-1-2-7(6)3-4-8-5-7;3-1(4)2(5)6/h8H,1-5H2;(H,3,4)(H,5,6). The molecule has 0 amide bonds. The number of carbonyl (C=O) groups is 3. The van der Waals surface area contributed by atoms with E-state index < -0.39 is 11.9 Å². The lowest BCUT2D eigenvalue weighted by Gasteiger charge is -2.35. The average Bonchev–Trinajstić information content (AvgIpc) is 2.67. The van der Waals surface area contributed by atoms with E-state index in [-0.39, 0.29) is 5.41 Å². The minimum atomic E-state index is -1.82. The van der Waals surface area contributed by atoms with Gasteiger partial charge in [0.2, 0.25) is 0 Å². The fourth-order valence-corrected chi connectivity index (χ4v) is 1.78. The second-order valence-corrected chi connectivity index (χ2v) is 3.74. The quantitative estimate of drug-likeness (QED) is 0.470. The van der Waals surface area contributed by atoms with Crippen molar-refractivity contribution in [1.82, 2.24) is 5.32 Å². The van der Waals surface area contributed by atoms with Crippen molar-refractivity contribution in [3.8, 4) is 0 Å². The first kappa shape index (κ1) is 11.6. The highest BCUT2D eigenvalue weighted by Gasteiger charge is 2.47. The van der Waals surface area contributed by atoms with Crippen LogP contribution in [0.4, 0.5) is 0 Å². The summed E-state index contributed by atoms with van der Waals surface area (Å²) in [6, 6.07) is 0. The first-order chi connectivity index (χ1) is 6.98. The van der Waals surface area contributed by atoms with E-state index in [1.165, 1.54) is 0 Å². The van der Waals surface area contributed by atoms with E-state index >= 15 is 0 Å². The maximum Gasteiger partial charge on any atom is 0.414 e. The number of hydrogen-bond donors (Lipinski definition) is 3. The van der Waals surface area contributed by atoms with Gasteiger partial charge in [0.05, 0.1) is 0 Å². The minimum Gasteiger partial charge on any atom is -0.473 e. The van der Waals surface area contributed by atoms with E-state index in [1.54, 1.807) is 0 Å². The van der Waals surface area contributed by atoms with Crippen LogP contribution in [0.1, 0.15) is 19.3 Å². The Labute approximate surface area is 86.3 Å². The third-order valence-corrected chi connectivity index (χ3v) is 2.85. The number of Topliss-reactive ketones (excluding diaryl/α,β-unsaturated/α-hetero) is 1. The molecule has 2 fully saturated rings. The van der Waals surface area contributed by atoms with Crippen molar-refractivity contribution in [2.45, 2.75) is 19.3 Å². The van der Waals surface area contributed by atoms with Crippen LogP contribution in [0.15, 0.2) is 0 Å². The Morgan fingerprint density at radius 1 is 1.20 bits per heavy atom. The van der Waals surface area contributed by atoms with Crippen LogP contribution >= 0.6 is 0 Å². The number of nitrogens with one attached hydrogen (secondary N) is 1. The van der Waals surface area contributed by atoms with Crippen LogP contribution in [0.5, 0.6) is 0 Å². The molecule has 15 heavy (non-hydrogen) atoms. The Morgan fingerprint density at radius 3 is 1.93 bits per heavy atom. The highest BCUT2D eigenvalue weighted by Crippen LogP contribution is 2.41. The SMILES string of the molecule is O=C(O)C(=O)O.O=C1CCC12CCNC2. The molecule has 1 saturated carbocycles. The van der Waals surface area contributed by atoms with Gasteiger partial charge in [0, 0.05) is 18.4 Å².